The van der Waals surface area contributed by atoms with E-state index in [-0.39, 0.29) is 11.9 Å². The molecule has 29 heavy (non-hydrogen) atoms. The van der Waals surface area contributed by atoms with Gasteiger partial charge in [-0.15, -0.1) is 0 Å². The number of sulfonamides is 1. The van der Waals surface area contributed by atoms with Gasteiger partial charge in [-0.25, -0.2) is 13.4 Å². The normalized spacial score (nSPS) is 16.5. The van der Waals surface area contributed by atoms with Crippen molar-refractivity contribution in [2.75, 3.05) is 30.0 Å². The zero-order valence-electron chi connectivity index (χ0n) is 17.1. The van der Waals surface area contributed by atoms with E-state index in [9.17, 15) is 13.2 Å². The van der Waals surface area contributed by atoms with Crippen LogP contribution in [0.25, 0.3) is 0 Å². The Morgan fingerprint density at radius 2 is 1.90 bits per heavy atom. The highest BCUT2D eigenvalue weighted by Gasteiger charge is 2.32. The summed E-state index contributed by atoms with van der Waals surface area (Å²) in [5, 5.41) is 6.15. The summed E-state index contributed by atoms with van der Waals surface area (Å²) in [6.07, 6.45) is 2.04. The lowest BCUT2D eigenvalue weighted by Gasteiger charge is -2.22. The first-order valence-electron chi connectivity index (χ1n) is 9.43. The summed E-state index contributed by atoms with van der Waals surface area (Å²) in [5.41, 5.74) is 4.12. The highest BCUT2D eigenvalue weighted by Crippen LogP contribution is 2.34. The van der Waals surface area contributed by atoms with Crippen LogP contribution in [0, 0.1) is 0 Å². The van der Waals surface area contributed by atoms with Gasteiger partial charge in [-0.05, 0) is 35.4 Å². The molecule has 0 fully saturated rings. The molecule has 0 bridgehead atoms. The fourth-order valence-corrected chi connectivity index (χ4v) is 3.86. The molecule has 0 radical (unpaired) electrons. The van der Waals surface area contributed by atoms with E-state index in [0.29, 0.717) is 18.5 Å². The van der Waals surface area contributed by atoms with Gasteiger partial charge in [0.25, 0.3) is 0 Å². The Morgan fingerprint density at radius 1 is 1.21 bits per heavy atom. The van der Waals surface area contributed by atoms with Crippen LogP contribution in [0.15, 0.2) is 53.6 Å². The minimum absolute atomic E-state index is 0.0490. The van der Waals surface area contributed by atoms with Crippen molar-refractivity contribution in [3.63, 3.8) is 0 Å². The molecule has 1 N–H and O–H groups in total. The number of nitrogens with zero attached hydrogens (tertiary/aromatic N) is 3. The molecule has 0 aromatic heterocycles. The maximum absolute atomic E-state index is 12.5. The number of anilines is 2. The van der Waals surface area contributed by atoms with Crippen molar-refractivity contribution in [2.45, 2.75) is 25.8 Å². The van der Waals surface area contributed by atoms with Crippen LogP contribution in [0.4, 0.5) is 11.4 Å². The third-order valence-corrected chi connectivity index (χ3v) is 5.37. The molecule has 8 heteroatoms. The Bertz CT molecular complexity index is 1030. The van der Waals surface area contributed by atoms with Crippen molar-refractivity contribution in [3.05, 3.63) is 59.7 Å². The highest BCUT2D eigenvalue weighted by molar-refractivity contribution is 7.92. The monoisotopic (exact) mass is 414 g/mol. The Hall–Kier alpha value is -2.87. The Labute approximate surface area is 172 Å². The van der Waals surface area contributed by atoms with E-state index in [2.05, 4.69) is 9.82 Å². The van der Waals surface area contributed by atoms with Crippen LogP contribution in [0.5, 0.6) is 0 Å². The van der Waals surface area contributed by atoms with Crippen LogP contribution < -0.4 is 9.62 Å². The molecule has 2 aromatic carbocycles. The summed E-state index contributed by atoms with van der Waals surface area (Å²) in [7, 11) is 0.596. The quantitative estimate of drug-likeness (QED) is 0.787. The van der Waals surface area contributed by atoms with Gasteiger partial charge >= 0.3 is 0 Å². The summed E-state index contributed by atoms with van der Waals surface area (Å²) in [6.45, 7) is 1.82. The molecule has 0 saturated heterocycles. The lowest BCUT2D eigenvalue weighted by atomic mass is 9.98. The van der Waals surface area contributed by atoms with Crippen molar-refractivity contribution in [1.29, 1.82) is 0 Å². The van der Waals surface area contributed by atoms with Gasteiger partial charge < -0.3 is 4.90 Å². The van der Waals surface area contributed by atoms with Gasteiger partial charge in [-0.1, -0.05) is 31.2 Å². The SMILES string of the molecule is CCC(=O)N1N=C(c2cccc(NS(C)(=O)=O)c2)C[C@@H]1c1ccc(N(C)C)cc1. The van der Waals surface area contributed by atoms with Crippen molar-refractivity contribution in [1.82, 2.24) is 5.01 Å². The Morgan fingerprint density at radius 3 is 2.48 bits per heavy atom. The smallest absolute Gasteiger partial charge is 0.242 e. The van der Waals surface area contributed by atoms with Gasteiger partial charge in [0.2, 0.25) is 15.9 Å². The van der Waals surface area contributed by atoms with E-state index < -0.39 is 10.0 Å². The maximum Gasteiger partial charge on any atom is 0.242 e. The molecule has 0 spiro atoms. The van der Waals surface area contributed by atoms with E-state index in [1.165, 1.54) is 0 Å². The minimum atomic E-state index is -3.37. The van der Waals surface area contributed by atoms with Crippen molar-refractivity contribution < 1.29 is 13.2 Å². The molecule has 1 aliphatic rings. The second-order valence-corrected chi connectivity index (χ2v) is 9.05. The second kappa shape index (κ2) is 8.24. The topological polar surface area (TPSA) is 82.1 Å². The highest BCUT2D eigenvalue weighted by atomic mass is 32.2. The molecule has 1 aliphatic heterocycles. The number of benzene rings is 2. The van der Waals surface area contributed by atoms with Crippen LogP contribution in [0.3, 0.4) is 0 Å². The molecular weight excluding hydrogens is 388 g/mol. The van der Waals surface area contributed by atoms with E-state index in [1.807, 2.05) is 56.3 Å². The summed E-state index contributed by atoms with van der Waals surface area (Å²) in [4.78, 5) is 14.5. The largest absolute Gasteiger partial charge is 0.378 e. The third-order valence-electron chi connectivity index (χ3n) is 4.76. The number of hydrogen-bond acceptors (Lipinski definition) is 5. The first-order chi connectivity index (χ1) is 13.7. The summed E-state index contributed by atoms with van der Waals surface area (Å²) >= 11 is 0. The van der Waals surface area contributed by atoms with Crippen LogP contribution in [-0.2, 0) is 14.8 Å². The molecule has 0 aliphatic carbocycles. The van der Waals surface area contributed by atoms with Crippen LogP contribution in [-0.4, -0.2) is 45.4 Å². The van der Waals surface area contributed by atoms with Gasteiger partial charge in [-0.2, -0.15) is 5.10 Å². The average Bonchev–Trinajstić information content (AvgIpc) is 3.12. The molecule has 3 rings (SSSR count). The van der Waals surface area contributed by atoms with E-state index in [1.54, 1.807) is 23.2 Å². The second-order valence-electron chi connectivity index (χ2n) is 7.30. The molecule has 1 heterocycles. The molecule has 0 unspecified atom stereocenters. The lowest BCUT2D eigenvalue weighted by molar-refractivity contribution is -0.132. The van der Waals surface area contributed by atoms with E-state index in [4.69, 9.17) is 0 Å². The predicted molar refractivity (Wildman–Crippen MR) is 117 cm³/mol. The number of amides is 1. The number of carbonyl (C=O) groups is 1. The molecule has 1 amide bonds. The number of hydrazone groups is 1. The standard InChI is InChI=1S/C21H26N4O3S/c1-5-21(26)25-20(15-9-11-18(12-10-15)24(2)3)14-19(22-25)16-7-6-8-17(13-16)23-29(4,27)28/h6-13,20,23H,5,14H2,1-4H3/t20-/m1/s1. The average molecular weight is 415 g/mol. The lowest BCUT2D eigenvalue weighted by Crippen LogP contribution is -2.26. The third kappa shape index (κ3) is 4.95. The predicted octanol–water partition coefficient (Wildman–Crippen LogP) is 3.21. The first-order valence-corrected chi connectivity index (χ1v) is 11.3. The van der Waals surface area contributed by atoms with Crippen molar-refractivity contribution in [3.8, 4) is 0 Å². The van der Waals surface area contributed by atoms with Crippen LogP contribution in [0.1, 0.15) is 36.9 Å². The van der Waals surface area contributed by atoms with E-state index >= 15 is 0 Å². The first kappa shape index (κ1) is 20.9. The van der Waals surface area contributed by atoms with Gasteiger partial charge in [0.05, 0.1) is 18.0 Å². The zero-order valence-corrected chi connectivity index (χ0v) is 17.9. The van der Waals surface area contributed by atoms with Gasteiger partial charge in [0.15, 0.2) is 0 Å². The molecular formula is C21H26N4O3S. The molecule has 154 valence electrons. The van der Waals surface area contributed by atoms with Crippen LogP contribution in [0.2, 0.25) is 0 Å². The number of carbonyl (C=O) groups excluding carboxylic acids is 1. The molecule has 1 atom stereocenters. The molecule has 2 aromatic rings. The fourth-order valence-electron chi connectivity index (χ4n) is 3.31. The maximum atomic E-state index is 12.5. The zero-order chi connectivity index (χ0) is 21.2. The van der Waals surface area contributed by atoms with Gasteiger partial charge in [-0.3, -0.25) is 9.52 Å². The number of hydrogen-bond donors (Lipinski definition) is 1. The van der Waals surface area contributed by atoms with Gasteiger partial charge in [0.1, 0.15) is 0 Å². The minimum Gasteiger partial charge on any atom is -0.378 e. The van der Waals surface area contributed by atoms with Crippen molar-refractivity contribution >= 4 is 33.0 Å². The fraction of sp³-hybridized carbons (Fsp3) is 0.333. The van der Waals surface area contributed by atoms with Gasteiger partial charge in [0, 0.05) is 38.3 Å². The summed E-state index contributed by atoms with van der Waals surface area (Å²) in [6, 6.07) is 15.0. The van der Waals surface area contributed by atoms with E-state index in [0.717, 1.165) is 28.8 Å². The van der Waals surface area contributed by atoms with Crippen molar-refractivity contribution in [2.24, 2.45) is 5.10 Å². The summed E-state index contributed by atoms with van der Waals surface area (Å²) < 4.78 is 25.5. The molecule has 7 nitrogen and oxygen atoms in total. The Kier molecular flexibility index (Phi) is 5.93. The number of rotatable bonds is 6. The number of nitrogens with one attached hydrogen (secondary N) is 1. The summed E-state index contributed by atoms with van der Waals surface area (Å²) in [5.74, 6) is -0.0490. The molecule has 0 saturated carbocycles. The Balaban J connectivity index is 1.91. The van der Waals surface area contributed by atoms with Crippen LogP contribution >= 0.6 is 0 Å².